The number of hydrogen-bond donors (Lipinski definition) is 3. The fourth-order valence-electron chi connectivity index (χ4n) is 3.53. The number of carbonyl (C=O) groups excluding carboxylic acids is 3. The lowest BCUT2D eigenvalue weighted by Gasteiger charge is -2.19. The Bertz CT molecular complexity index is 1020. The third-order valence-corrected chi connectivity index (χ3v) is 6.11. The summed E-state index contributed by atoms with van der Waals surface area (Å²) >= 11 is 1.54. The number of hydrogen-bond acceptors (Lipinski definition) is 5. The molecule has 33 heavy (non-hydrogen) atoms. The topological polar surface area (TPSA) is 109 Å². The summed E-state index contributed by atoms with van der Waals surface area (Å²) < 4.78 is 4.69. The van der Waals surface area contributed by atoms with Gasteiger partial charge in [0.25, 0.3) is 5.91 Å². The number of rotatable bonds is 5. The lowest BCUT2D eigenvalue weighted by molar-refractivity contribution is -0.122. The first-order chi connectivity index (χ1) is 15.9. The van der Waals surface area contributed by atoms with Gasteiger partial charge >= 0.3 is 6.09 Å². The van der Waals surface area contributed by atoms with Gasteiger partial charge in [0.05, 0.1) is 18.5 Å². The molecule has 0 unspecified atom stereocenters. The fraction of sp³-hybridized carbons (Fsp3) is 0.333. The van der Waals surface area contributed by atoms with Crippen LogP contribution in [0.4, 0.5) is 16.2 Å². The van der Waals surface area contributed by atoms with Crippen LogP contribution in [-0.2, 0) is 14.3 Å². The Morgan fingerprint density at radius 3 is 2.33 bits per heavy atom. The molecule has 0 spiro atoms. The van der Waals surface area contributed by atoms with Gasteiger partial charge in [-0.2, -0.15) is 4.99 Å². The van der Waals surface area contributed by atoms with Crippen molar-refractivity contribution in [2.24, 2.45) is 10.9 Å². The summed E-state index contributed by atoms with van der Waals surface area (Å²) in [6.45, 7) is 1.41. The Balaban J connectivity index is 1.89. The van der Waals surface area contributed by atoms with Gasteiger partial charge in [0.15, 0.2) is 0 Å². The maximum absolute atomic E-state index is 12.7. The van der Waals surface area contributed by atoms with Gasteiger partial charge in [-0.15, -0.1) is 0 Å². The van der Waals surface area contributed by atoms with Crippen molar-refractivity contribution in [3.05, 3.63) is 48.5 Å². The van der Waals surface area contributed by atoms with E-state index in [4.69, 9.17) is 0 Å². The van der Waals surface area contributed by atoms with Gasteiger partial charge < -0.3 is 15.4 Å². The van der Waals surface area contributed by atoms with E-state index in [1.165, 1.54) is 25.8 Å². The molecule has 1 fully saturated rings. The summed E-state index contributed by atoms with van der Waals surface area (Å²) in [5.41, 5.74) is 0.974. The van der Waals surface area contributed by atoms with Crippen LogP contribution >= 0.6 is 11.8 Å². The molecule has 3 rings (SSSR count). The van der Waals surface area contributed by atoms with Crippen molar-refractivity contribution in [2.45, 2.75) is 48.8 Å². The molecule has 1 aliphatic rings. The summed E-state index contributed by atoms with van der Waals surface area (Å²) in [4.78, 5) is 42.5. The van der Waals surface area contributed by atoms with Crippen LogP contribution in [0.25, 0.3) is 0 Å². The average Bonchev–Trinajstić information content (AvgIpc) is 2.81. The second-order valence-electron chi connectivity index (χ2n) is 7.68. The highest BCUT2D eigenvalue weighted by Gasteiger charge is 2.22. The number of alkyl carbamates (subject to hydrolysis) is 1. The molecule has 174 valence electrons. The van der Waals surface area contributed by atoms with Crippen LogP contribution in [-0.4, -0.2) is 31.0 Å². The number of aliphatic imine (C=N–C) groups is 1. The Labute approximate surface area is 197 Å². The molecule has 2 aromatic rings. The molecule has 0 aromatic heterocycles. The van der Waals surface area contributed by atoms with Gasteiger partial charge in [-0.05, 0) is 43.2 Å². The van der Waals surface area contributed by atoms with Gasteiger partial charge in [-0.25, -0.2) is 4.79 Å². The van der Waals surface area contributed by atoms with Crippen LogP contribution in [0.5, 0.6) is 0 Å². The number of benzene rings is 2. The monoisotopic (exact) mass is 468 g/mol. The molecule has 1 saturated carbocycles. The first kappa shape index (κ1) is 24.3. The standard InChI is InChI=1S/C24H28N4O4S/c1-16(29)25-20-14-13-19(33-18-11-7-4-8-12-18)15-21(20)26-23(28-24(31)32-2)27-22(30)17-9-5-3-6-10-17/h4,7-8,11-15,17H,3,5-6,9-10H2,1-2H3,(H,25,29)(H2,26,27,28,30,31). The van der Waals surface area contributed by atoms with Crippen molar-refractivity contribution in [1.29, 1.82) is 0 Å². The number of methoxy groups -OCH3 is 1. The highest BCUT2D eigenvalue weighted by Crippen LogP contribution is 2.33. The molecule has 0 radical (unpaired) electrons. The molecular formula is C24H28N4O4S. The Hall–Kier alpha value is -3.33. The van der Waals surface area contributed by atoms with Crippen LogP contribution in [0.15, 0.2) is 63.3 Å². The van der Waals surface area contributed by atoms with E-state index in [0.717, 1.165) is 41.9 Å². The number of nitrogens with zero attached hydrogens (tertiary/aromatic N) is 1. The maximum atomic E-state index is 12.7. The van der Waals surface area contributed by atoms with Crippen LogP contribution in [0.1, 0.15) is 39.0 Å². The third kappa shape index (κ3) is 7.64. The number of guanidine groups is 1. The molecule has 0 bridgehead atoms. The SMILES string of the molecule is COC(=O)N/C(=N/C(=O)C1CCCCC1)Nc1cc(Sc2ccccc2)ccc1NC(C)=O. The molecule has 3 amide bonds. The molecule has 0 aliphatic heterocycles. The van der Waals surface area contributed by atoms with Crippen molar-refractivity contribution in [2.75, 3.05) is 17.7 Å². The number of ether oxygens (including phenoxy) is 1. The normalized spacial score (nSPS) is 14.3. The number of nitrogens with one attached hydrogen (secondary N) is 3. The highest BCUT2D eigenvalue weighted by atomic mass is 32.2. The molecule has 3 N–H and O–H groups in total. The Morgan fingerprint density at radius 2 is 1.67 bits per heavy atom. The third-order valence-electron chi connectivity index (χ3n) is 5.12. The summed E-state index contributed by atoms with van der Waals surface area (Å²) in [6, 6.07) is 15.3. The summed E-state index contributed by atoms with van der Waals surface area (Å²) in [5.74, 6) is -0.751. The predicted molar refractivity (Wildman–Crippen MR) is 129 cm³/mol. The molecule has 0 atom stereocenters. The lowest BCUT2D eigenvalue weighted by Crippen LogP contribution is -2.37. The van der Waals surface area contributed by atoms with E-state index in [9.17, 15) is 14.4 Å². The first-order valence-electron chi connectivity index (χ1n) is 10.8. The fourth-order valence-corrected chi connectivity index (χ4v) is 4.41. The largest absolute Gasteiger partial charge is 0.453 e. The molecule has 2 aromatic carbocycles. The van der Waals surface area contributed by atoms with Crippen molar-refractivity contribution < 1.29 is 19.1 Å². The van der Waals surface area contributed by atoms with E-state index < -0.39 is 6.09 Å². The minimum atomic E-state index is -0.756. The Morgan fingerprint density at radius 1 is 0.939 bits per heavy atom. The van der Waals surface area contributed by atoms with E-state index in [0.29, 0.717) is 11.4 Å². The maximum Gasteiger partial charge on any atom is 0.413 e. The quantitative estimate of drug-likeness (QED) is 0.420. The number of carbonyl (C=O) groups is 3. The van der Waals surface area contributed by atoms with Crippen LogP contribution in [0.3, 0.4) is 0 Å². The Kier molecular flexibility index (Phi) is 8.88. The number of amides is 3. The summed E-state index contributed by atoms with van der Waals surface area (Å²) in [7, 11) is 1.23. The molecule has 9 heteroatoms. The van der Waals surface area contributed by atoms with Crippen LogP contribution in [0, 0.1) is 5.92 Å². The first-order valence-corrected chi connectivity index (χ1v) is 11.7. The minimum absolute atomic E-state index is 0.0501. The summed E-state index contributed by atoms with van der Waals surface area (Å²) in [5, 5.41) is 8.24. The molecule has 0 heterocycles. The zero-order valence-electron chi connectivity index (χ0n) is 18.7. The van der Waals surface area contributed by atoms with Crippen molar-refractivity contribution in [3.8, 4) is 0 Å². The molecule has 8 nitrogen and oxygen atoms in total. The van der Waals surface area contributed by atoms with Gasteiger partial charge in [-0.1, -0.05) is 49.2 Å². The zero-order chi connectivity index (χ0) is 23.6. The van der Waals surface area contributed by atoms with E-state index >= 15 is 0 Å². The van der Waals surface area contributed by atoms with E-state index in [1.807, 2.05) is 42.5 Å². The van der Waals surface area contributed by atoms with E-state index in [2.05, 4.69) is 25.7 Å². The van der Waals surface area contributed by atoms with Crippen LogP contribution < -0.4 is 16.0 Å². The molecular weight excluding hydrogens is 440 g/mol. The zero-order valence-corrected chi connectivity index (χ0v) is 19.5. The van der Waals surface area contributed by atoms with Crippen molar-refractivity contribution in [1.82, 2.24) is 5.32 Å². The van der Waals surface area contributed by atoms with Gasteiger partial charge in [0, 0.05) is 22.6 Å². The van der Waals surface area contributed by atoms with Gasteiger partial charge in [-0.3, -0.25) is 14.9 Å². The minimum Gasteiger partial charge on any atom is -0.453 e. The van der Waals surface area contributed by atoms with E-state index in [1.54, 1.807) is 6.07 Å². The highest BCUT2D eigenvalue weighted by molar-refractivity contribution is 7.99. The smallest absolute Gasteiger partial charge is 0.413 e. The van der Waals surface area contributed by atoms with Gasteiger partial charge in [0.1, 0.15) is 0 Å². The van der Waals surface area contributed by atoms with Crippen LogP contribution in [0.2, 0.25) is 0 Å². The second kappa shape index (κ2) is 12.1. The van der Waals surface area contributed by atoms with E-state index in [-0.39, 0.29) is 23.7 Å². The predicted octanol–water partition coefficient (Wildman–Crippen LogP) is 5.03. The van der Waals surface area contributed by atoms with Crippen molar-refractivity contribution in [3.63, 3.8) is 0 Å². The number of anilines is 2. The molecule has 1 aliphatic carbocycles. The molecule has 0 saturated heterocycles. The van der Waals surface area contributed by atoms with Gasteiger partial charge in [0.2, 0.25) is 11.9 Å². The second-order valence-corrected chi connectivity index (χ2v) is 8.83. The lowest BCUT2D eigenvalue weighted by atomic mass is 9.89. The van der Waals surface area contributed by atoms with Crippen molar-refractivity contribution >= 4 is 47.0 Å². The average molecular weight is 469 g/mol. The summed E-state index contributed by atoms with van der Waals surface area (Å²) in [6.07, 6.45) is 3.91.